The van der Waals surface area contributed by atoms with E-state index < -0.39 is 0 Å². The molecule has 92 valence electrons. The van der Waals surface area contributed by atoms with Crippen LogP contribution in [0.2, 0.25) is 0 Å². The van der Waals surface area contributed by atoms with Crippen LogP contribution in [0, 0.1) is 0 Å². The largest absolute Gasteiger partial charge is 0.365 e. The van der Waals surface area contributed by atoms with E-state index in [1.165, 1.54) is 29.7 Å². The fourth-order valence-corrected chi connectivity index (χ4v) is 2.88. The SMILES string of the molecule is CC(c1ccccc1)N1CCCc2ccccc21. The highest BCUT2D eigenvalue weighted by molar-refractivity contribution is 5.57. The maximum Gasteiger partial charge on any atom is 0.0514 e. The van der Waals surface area contributed by atoms with Gasteiger partial charge >= 0.3 is 0 Å². The minimum absolute atomic E-state index is 0.452. The van der Waals surface area contributed by atoms with Crippen LogP contribution in [0.5, 0.6) is 0 Å². The summed E-state index contributed by atoms with van der Waals surface area (Å²) < 4.78 is 0. The number of hydrogen-bond acceptors (Lipinski definition) is 1. The summed E-state index contributed by atoms with van der Waals surface area (Å²) in [4.78, 5) is 2.54. The van der Waals surface area contributed by atoms with Gasteiger partial charge in [0.15, 0.2) is 0 Å². The minimum Gasteiger partial charge on any atom is -0.365 e. The topological polar surface area (TPSA) is 3.24 Å². The molecular weight excluding hydrogens is 218 g/mol. The molecule has 2 aromatic carbocycles. The molecule has 1 aliphatic rings. The van der Waals surface area contributed by atoms with Gasteiger partial charge in [-0.25, -0.2) is 0 Å². The van der Waals surface area contributed by atoms with Crippen LogP contribution in [0.4, 0.5) is 5.69 Å². The van der Waals surface area contributed by atoms with Gasteiger partial charge in [-0.15, -0.1) is 0 Å². The Labute approximate surface area is 109 Å². The molecule has 0 amide bonds. The van der Waals surface area contributed by atoms with E-state index in [1.807, 2.05) is 0 Å². The minimum atomic E-state index is 0.452. The number of nitrogens with zero attached hydrogens (tertiary/aromatic N) is 1. The van der Waals surface area contributed by atoms with Crippen LogP contribution < -0.4 is 4.90 Å². The van der Waals surface area contributed by atoms with Crippen molar-refractivity contribution in [3.63, 3.8) is 0 Å². The average molecular weight is 237 g/mol. The molecule has 0 radical (unpaired) electrons. The van der Waals surface area contributed by atoms with E-state index in [-0.39, 0.29) is 0 Å². The first-order chi connectivity index (χ1) is 8.86. The first kappa shape index (κ1) is 11.3. The fraction of sp³-hybridized carbons (Fsp3) is 0.294. The van der Waals surface area contributed by atoms with Crippen molar-refractivity contribution in [1.29, 1.82) is 0 Å². The third-order valence-electron chi connectivity index (χ3n) is 3.90. The number of hydrogen-bond donors (Lipinski definition) is 0. The van der Waals surface area contributed by atoms with Gasteiger partial charge in [0.2, 0.25) is 0 Å². The summed E-state index contributed by atoms with van der Waals surface area (Å²) in [5, 5.41) is 0. The first-order valence-corrected chi connectivity index (χ1v) is 6.76. The molecular formula is C17H19N. The molecule has 1 heteroatoms. The highest BCUT2D eigenvalue weighted by atomic mass is 15.2. The lowest BCUT2D eigenvalue weighted by Gasteiger charge is -2.36. The molecule has 0 aromatic heterocycles. The predicted molar refractivity (Wildman–Crippen MR) is 77.0 cm³/mol. The van der Waals surface area contributed by atoms with Crippen molar-refractivity contribution in [2.75, 3.05) is 11.4 Å². The highest BCUT2D eigenvalue weighted by Gasteiger charge is 2.21. The third-order valence-corrected chi connectivity index (χ3v) is 3.90. The van der Waals surface area contributed by atoms with E-state index in [9.17, 15) is 0 Å². The summed E-state index contributed by atoms with van der Waals surface area (Å²) >= 11 is 0. The van der Waals surface area contributed by atoms with Crippen LogP contribution in [0.1, 0.15) is 30.5 Å². The van der Waals surface area contributed by atoms with Crippen LogP contribution >= 0.6 is 0 Å². The Morgan fingerprint density at radius 3 is 2.50 bits per heavy atom. The van der Waals surface area contributed by atoms with Crippen LogP contribution in [0.25, 0.3) is 0 Å². The monoisotopic (exact) mass is 237 g/mol. The smallest absolute Gasteiger partial charge is 0.0514 e. The van der Waals surface area contributed by atoms with Crippen molar-refractivity contribution in [2.24, 2.45) is 0 Å². The summed E-state index contributed by atoms with van der Waals surface area (Å²) in [6, 6.07) is 20.1. The Hall–Kier alpha value is -1.76. The van der Waals surface area contributed by atoms with Gasteiger partial charge in [0.1, 0.15) is 0 Å². The average Bonchev–Trinajstić information content (AvgIpc) is 2.47. The lowest BCUT2D eigenvalue weighted by Crippen LogP contribution is -2.31. The zero-order valence-electron chi connectivity index (χ0n) is 10.8. The van der Waals surface area contributed by atoms with Gasteiger partial charge in [0, 0.05) is 12.2 Å². The second-order valence-corrected chi connectivity index (χ2v) is 5.01. The Morgan fingerprint density at radius 2 is 1.67 bits per heavy atom. The lowest BCUT2D eigenvalue weighted by atomic mass is 9.98. The van der Waals surface area contributed by atoms with Gasteiger partial charge in [0.25, 0.3) is 0 Å². The molecule has 0 saturated heterocycles. The zero-order chi connectivity index (χ0) is 12.4. The summed E-state index contributed by atoms with van der Waals surface area (Å²) in [7, 11) is 0. The number of aryl methyl sites for hydroxylation is 1. The van der Waals surface area contributed by atoms with Crippen molar-refractivity contribution in [1.82, 2.24) is 0 Å². The molecule has 3 rings (SSSR count). The molecule has 0 saturated carbocycles. The Bertz CT molecular complexity index is 518. The van der Waals surface area contributed by atoms with Crippen LogP contribution in [-0.2, 0) is 6.42 Å². The predicted octanol–water partition coefficient (Wildman–Crippen LogP) is 4.20. The first-order valence-electron chi connectivity index (χ1n) is 6.76. The summed E-state index contributed by atoms with van der Waals surface area (Å²) in [5.41, 5.74) is 4.31. The molecule has 1 nitrogen and oxygen atoms in total. The normalized spacial score (nSPS) is 16.2. The number of fused-ring (bicyclic) bond motifs is 1. The van der Waals surface area contributed by atoms with Crippen molar-refractivity contribution in [2.45, 2.75) is 25.8 Å². The number of rotatable bonds is 2. The van der Waals surface area contributed by atoms with Crippen molar-refractivity contribution in [3.05, 3.63) is 65.7 Å². The second-order valence-electron chi connectivity index (χ2n) is 5.01. The van der Waals surface area contributed by atoms with Gasteiger partial charge in [-0.1, -0.05) is 48.5 Å². The fourth-order valence-electron chi connectivity index (χ4n) is 2.88. The maximum absolute atomic E-state index is 2.54. The standard InChI is InChI=1S/C17H19N/c1-14(15-8-3-2-4-9-15)18-13-7-11-16-10-5-6-12-17(16)18/h2-6,8-10,12,14H,7,11,13H2,1H3. The highest BCUT2D eigenvalue weighted by Crippen LogP contribution is 2.33. The maximum atomic E-state index is 2.54. The number of benzene rings is 2. The van der Waals surface area contributed by atoms with E-state index >= 15 is 0 Å². The van der Waals surface area contributed by atoms with Crippen LogP contribution in [0.3, 0.4) is 0 Å². The zero-order valence-corrected chi connectivity index (χ0v) is 10.8. The van der Waals surface area contributed by atoms with E-state index in [4.69, 9.17) is 0 Å². The lowest BCUT2D eigenvalue weighted by molar-refractivity contribution is 0.616. The van der Waals surface area contributed by atoms with E-state index in [0.29, 0.717) is 6.04 Å². The van der Waals surface area contributed by atoms with Gasteiger partial charge in [-0.2, -0.15) is 0 Å². The molecule has 0 N–H and O–H groups in total. The molecule has 0 spiro atoms. The molecule has 1 aliphatic heterocycles. The number of anilines is 1. The molecule has 0 bridgehead atoms. The molecule has 0 aliphatic carbocycles. The Balaban J connectivity index is 1.94. The van der Waals surface area contributed by atoms with E-state index in [1.54, 1.807) is 0 Å². The second kappa shape index (κ2) is 4.85. The van der Waals surface area contributed by atoms with E-state index in [2.05, 4.69) is 66.4 Å². The molecule has 1 heterocycles. The Kier molecular flexibility index (Phi) is 3.06. The van der Waals surface area contributed by atoms with Gasteiger partial charge in [-0.3, -0.25) is 0 Å². The summed E-state index contributed by atoms with van der Waals surface area (Å²) in [6.45, 7) is 3.46. The Morgan fingerprint density at radius 1 is 0.944 bits per heavy atom. The summed E-state index contributed by atoms with van der Waals surface area (Å²) in [5.74, 6) is 0. The van der Waals surface area contributed by atoms with Crippen molar-refractivity contribution >= 4 is 5.69 Å². The van der Waals surface area contributed by atoms with Gasteiger partial charge in [-0.05, 0) is 37.0 Å². The molecule has 2 aromatic rings. The summed E-state index contributed by atoms with van der Waals surface area (Å²) in [6.07, 6.45) is 2.47. The van der Waals surface area contributed by atoms with Crippen molar-refractivity contribution < 1.29 is 0 Å². The van der Waals surface area contributed by atoms with Gasteiger partial charge < -0.3 is 4.90 Å². The molecule has 1 atom stereocenters. The van der Waals surface area contributed by atoms with E-state index in [0.717, 1.165) is 6.54 Å². The van der Waals surface area contributed by atoms with Crippen LogP contribution in [0.15, 0.2) is 54.6 Å². The molecule has 0 fully saturated rings. The molecule has 1 unspecified atom stereocenters. The molecule has 18 heavy (non-hydrogen) atoms. The number of para-hydroxylation sites is 1. The van der Waals surface area contributed by atoms with Gasteiger partial charge in [0.05, 0.1) is 6.04 Å². The van der Waals surface area contributed by atoms with Crippen LogP contribution in [-0.4, -0.2) is 6.54 Å². The third kappa shape index (κ3) is 2.01. The van der Waals surface area contributed by atoms with Crippen molar-refractivity contribution in [3.8, 4) is 0 Å². The quantitative estimate of drug-likeness (QED) is 0.756.